The molecule has 1 aromatic rings. The Morgan fingerprint density at radius 1 is 1.25 bits per heavy atom. The number of nitrogen functional groups attached to an aromatic ring is 1. The fraction of sp³-hybridized carbons (Fsp3) is 0.571. The molecule has 1 aromatic carbocycles. The topological polar surface area (TPSA) is 66.6 Å². The zero-order valence-electron chi connectivity index (χ0n) is 12.9. The second-order valence-electron chi connectivity index (χ2n) is 5.41. The molecule has 114 valence electrons. The molecule has 0 aromatic heterocycles. The molecule has 5 nitrogen and oxygen atoms in total. The van der Waals surface area contributed by atoms with Crippen LogP contribution in [0.5, 0.6) is 0 Å². The third-order valence-corrected chi connectivity index (χ3v) is 4.98. The molecule has 6 heteroatoms. The van der Waals surface area contributed by atoms with Crippen molar-refractivity contribution in [1.82, 2.24) is 4.31 Å². The summed E-state index contributed by atoms with van der Waals surface area (Å²) < 4.78 is 25.7. The molecule has 0 unspecified atom stereocenters. The van der Waals surface area contributed by atoms with Gasteiger partial charge in [-0.2, -0.15) is 0 Å². The van der Waals surface area contributed by atoms with Gasteiger partial charge in [0.15, 0.2) is 0 Å². The summed E-state index contributed by atoms with van der Waals surface area (Å²) in [6.07, 6.45) is 0. The van der Waals surface area contributed by atoms with Crippen LogP contribution in [0.1, 0.15) is 20.8 Å². The summed E-state index contributed by atoms with van der Waals surface area (Å²) in [6, 6.07) is 5.17. The van der Waals surface area contributed by atoms with Crippen molar-refractivity contribution in [3.05, 3.63) is 18.2 Å². The average molecular weight is 299 g/mol. The summed E-state index contributed by atoms with van der Waals surface area (Å²) in [5, 5.41) is 0. The summed E-state index contributed by atoms with van der Waals surface area (Å²) in [5.41, 5.74) is 7.22. The van der Waals surface area contributed by atoms with Crippen LogP contribution in [0, 0.1) is 5.92 Å². The van der Waals surface area contributed by atoms with E-state index in [0.29, 0.717) is 11.6 Å². The molecule has 0 heterocycles. The fourth-order valence-corrected chi connectivity index (χ4v) is 3.09. The summed E-state index contributed by atoms with van der Waals surface area (Å²) >= 11 is 0. The van der Waals surface area contributed by atoms with Crippen molar-refractivity contribution >= 4 is 21.4 Å². The number of nitrogens with zero attached hydrogens (tertiary/aromatic N) is 2. The van der Waals surface area contributed by atoms with Crippen molar-refractivity contribution < 1.29 is 8.42 Å². The van der Waals surface area contributed by atoms with Crippen LogP contribution in [0.3, 0.4) is 0 Å². The van der Waals surface area contributed by atoms with Gasteiger partial charge in [0.1, 0.15) is 4.90 Å². The molecule has 1 rings (SSSR count). The average Bonchev–Trinajstić information content (AvgIpc) is 2.35. The SMILES string of the molecule is CCN(CC(C)C)c1cccc(S(=O)(=O)N(C)C)c1N. The molecular weight excluding hydrogens is 274 g/mol. The lowest BCUT2D eigenvalue weighted by molar-refractivity contribution is 0.521. The lowest BCUT2D eigenvalue weighted by Crippen LogP contribution is -2.29. The first-order valence-electron chi connectivity index (χ1n) is 6.77. The molecule has 0 bridgehead atoms. The van der Waals surface area contributed by atoms with Crippen molar-refractivity contribution in [2.45, 2.75) is 25.7 Å². The Balaban J connectivity index is 3.32. The Kier molecular flexibility index (Phi) is 5.42. The molecular formula is C14H25N3O2S. The van der Waals surface area contributed by atoms with Gasteiger partial charge in [-0.25, -0.2) is 12.7 Å². The van der Waals surface area contributed by atoms with Gasteiger partial charge in [0.05, 0.1) is 11.4 Å². The lowest BCUT2D eigenvalue weighted by atomic mass is 10.1. The van der Waals surface area contributed by atoms with E-state index in [9.17, 15) is 8.42 Å². The highest BCUT2D eigenvalue weighted by atomic mass is 32.2. The molecule has 0 saturated carbocycles. The van der Waals surface area contributed by atoms with Gasteiger partial charge in [-0.15, -0.1) is 0 Å². The molecule has 2 N–H and O–H groups in total. The molecule has 20 heavy (non-hydrogen) atoms. The largest absolute Gasteiger partial charge is 0.396 e. The number of hydrogen-bond donors (Lipinski definition) is 1. The van der Waals surface area contributed by atoms with Gasteiger partial charge >= 0.3 is 0 Å². The van der Waals surface area contributed by atoms with Gasteiger partial charge in [-0.05, 0) is 25.0 Å². The minimum atomic E-state index is -3.52. The van der Waals surface area contributed by atoms with Crippen molar-refractivity contribution in [2.24, 2.45) is 5.92 Å². The quantitative estimate of drug-likeness (QED) is 0.816. The highest BCUT2D eigenvalue weighted by Crippen LogP contribution is 2.31. The Bertz CT molecular complexity index is 554. The Morgan fingerprint density at radius 2 is 1.85 bits per heavy atom. The molecule has 0 aliphatic heterocycles. The third-order valence-electron chi connectivity index (χ3n) is 3.11. The number of hydrogen-bond acceptors (Lipinski definition) is 4. The molecule has 0 radical (unpaired) electrons. The van der Waals surface area contributed by atoms with Crippen molar-refractivity contribution in [2.75, 3.05) is 37.8 Å². The van der Waals surface area contributed by atoms with Gasteiger partial charge in [0, 0.05) is 27.2 Å². The molecule has 0 fully saturated rings. The zero-order chi connectivity index (χ0) is 15.5. The second kappa shape index (κ2) is 6.45. The molecule has 0 atom stereocenters. The first-order chi connectivity index (χ1) is 9.21. The van der Waals surface area contributed by atoms with Crippen LogP contribution in [-0.2, 0) is 10.0 Å². The maximum absolute atomic E-state index is 12.3. The summed E-state index contributed by atoms with van der Waals surface area (Å²) in [7, 11) is -0.504. The van der Waals surface area contributed by atoms with E-state index in [-0.39, 0.29) is 4.90 Å². The van der Waals surface area contributed by atoms with Crippen LogP contribution in [0.15, 0.2) is 23.1 Å². The Labute approximate surface area is 122 Å². The van der Waals surface area contributed by atoms with Crippen LogP contribution in [-0.4, -0.2) is 39.9 Å². The van der Waals surface area contributed by atoms with Crippen molar-refractivity contribution in [1.29, 1.82) is 0 Å². The second-order valence-corrected chi connectivity index (χ2v) is 7.53. The Hall–Kier alpha value is -1.27. The smallest absolute Gasteiger partial charge is 0.244 e. The van der Waals surface area contributed by atoms with E-state index in [1.54, 1.807) is 12.1 Å². The minimum absolute atomic E-state index is 0.169. The predicted molar refractivity (Wildman–Crippen MR) is 84.5 cm³/mol. The minimum Gasteiger partial charge on any atom is -0.396 e. The third kappa shape index (κ3) is 3.43. The first kappa shape index (κ1) is 16.8. The Morgan fingerprint density at radius 3 is 2.30 bits per heavy atom. The standard InChI is InChI=1S/C14H25N3O2S/c1-6-17(10-11(2)3)12-8-7-9-13(14(12)15)20(18,19)16(4)5/h7-9,11H,6,10,15H2,1-5H3. The molecule has 0 aliphatic carbocycles. The molecule has 0 spiro atoms. The van der Waals surface area contributed by atoms with Gasteiger partial charge in [-0.1, -0.05) is 19.9 Å². The van der Waals surface area contributed by atoms with E-state index in [1.807, 2.05) is 13.0 Å². The van der Waals surface area contributed by atoms with Crippen LogP contribution >= 0.6 is 0 Å². The molecule has 0 saturated heterocycles. The normalized spacial score (nSPS) is 12.2. The van der Waals surface area contributed by atoms with Crippen LogP contribution < -0.4 is 10.6 Å². The maximum Gasteiger partial charge on any atom is 0.244 e. The zero-order valence-corrected chi connectivity index (χ0v) is 13.7. The van der Waals surface area contributed by atoms with Gasteiger partial charge < -0.3 is 10.6 Å². The van der Waals surface area contributed by atoms with Crippen LogP contribution in [0.2, 0.25) is 0 Å². The van der Waals surface area contributed by atoms with Crippen molar-refractivity contribution in [3.8, 4) is 0 Å². The molecule has 0 aliphatic rings. The van der Waals surface area contributed by atoms with Gasteiger partial charge in [-0.3, -0.25) is 0 Å². The summed E-state index contributed by atoms with van der Waals surface area (Å²) in [6.45, 7) is 7.91. The van der Waals surface area contributed by atoms with Crippen LogP contribution in [0.4, 0.5) is 11.4 Å². The highest BCUT2D eigenvalue weighted by Gasteiger charge is 2.23. The predicted octanol–water partition coefficient (Wildman–Crippen LogP) is 2.00. The summed E-state index contributed by atoms with van der Waals surface area (Å²) in [5.74, 6) is 0.475. The number of sulfonamides is 1. The lowest BCUT2D eigenvalue weighted by Gasteiger charge is -2.27. The van der Waals surface area contributed by atoms with E-state index in [0.717, 1.165) is 18.8 Å². The number of benzene rings is 1. The molecule has 0 amide bonds. The van der Waals surface area contributed by atoms with E-state index in [2.05, 4.69) is 18.7 Å². The van der Waals surface area contributed by atoms with Gasteiger partial charge in [0.2, 0.25) is 10.0 Å². The monoisotopic (exact) mass is 299 g/mol. The van der Waals surface area contributed by atoms with E-state index < -0.39 is 10.0 Å². The number of rotatable bonds is 6. The van der Waals surface area contributed by atoms with Crippen molar-refractivity contribution in [3.63, 3.8) is 0 Å². The van der Waals surface area contributed by atoms with E-state index in [4.69, 9.17) is 5.73 Å². The summed E-state index contributed by atoms with van der Waals surface area (Å²) in [4.78, 5) is 2.27. The first-order valence-corrected chi connectivity index (χ1v) is 8.21. The number of anilines is 2. The highest BCUT2D eigenvalue weighted by molar-refractivity contribution is 7.89. The fourth-order valence-electron chi connectivity index (χ4n) is 2.07. The number of nitrogens with two attached hydrogens (primary N) is 1. The van der Waals surface area contributed by atoms with Crippen LogP contribution in [0.25, 0.3) is 0 Å². The van der Waals surface area contributed by atoms with E-state index in [1.165, 1.54) is 18.4 Å². The number of para-hydroxylation sites is 1. The van der Waals surface area contributed by atoms with Gasteiger partial charge in [0.25, 0.3) is 0 Å². The van der Waals surface area contributed by atoms with E-state index >= 15 is 0 Å². The maximum atomic E-state index is 12.3.